The largest absolute Gasteiger partial charge is 0.493 e. The minimum Gasteiger partial charge on any atom is -0.493 e. The van der Waals surface area contributed by atoms with Crippen molar-refractivity contribution in [1.82, 2.24) is 4.98 Å². The van der Waals surface area contributed by atoms with Crippen LogP contribution in [0.15, 0.2) is 17.5 Å². The molecule has 0 fully saturated rings. The molecule has 0 amide bonds. The second-order valence-corrected chi connectivity index (χ2v) is 5.53. The zero-order valence-corrected chi connectivity index (χ0v) is 12.2. The highest BCUT2D eigenvalue weighted by molar-refractivity contribution is 7.09. The minimum atomic E-state index is 0.502. The van der Waals surface area contributed by atoms with Crippen LogP contribution in [-0.2, 0) is 6.42 Å². The van der Waals surface area contributed by atoms with Crippen LogP contribution in [0, 0.1) is 20.8 Å². The molecule has 1 heterocycles. The fourth-order valence-electron chi connectivity index (χ4n) is 1.89. The first-order valence-corrected chi connectivity index (χ1v) is 7.08. The van der Waals surface area contributed by atoms with Gasteiger partial charge in [0, 0.05) is 11.8 Å². The number of nitrogens with zero attached hydrogens (tertiary/aromatic N) is 1. The minimum absolute atomic E-state index is 0.502. The molecule has 0 aliphatic rings. The summed E-state index contributed by atoms with van der Waals surface area (Å²) >= 11 is 1.50. The average Bonchev–Trinajstić information content (AvgIpc) is 2.83. The number of hydrogen-bond donors (Lipinski definition) is 0. The van der Waals surface area contributed by atoms with E-state index in [1.165, 1.54) is 28.0 Å². The van der Waals surface area contributed by atoms with Crippen LogP contribution in [0.1, 0.15) is 32.2 Å². The van der Waals surface area contributed by atoms with Gasteiger partial charge in [-0.15, -0.1) is 11.3 Å². The maximum Gasteiger partial charge on any atom is 0.169 e. The van der Waals surface area contributed by atoms with Crippen LogP contribution in [0.4, 0.5) is 0 Å². The van der Waals surface area contributed by atoms with Crippen molar-refractivity contribution in [3.63, 3.8) is 0 Å². The van der Waals surface area contributed by atoms with Crippen molar-refractivity contribution in [3.8, 4) is 5.75 Å². The van der Waals surface area contributed by atoms with Gasteiger partial charge in [0.25, 0.3) is 0 Å². The van der Waals surface area contributed by atoms with Gasteiger partial charge in [-0.25, -0.2) is 4.98 Å². The Balaban J connectivity index is 1.97. The van der Waals surface area contributed by atoms with E-state index >= 15 is 0 Å². The van der Waals surface area contributed by atoms with Gasteiger partial charge in [0.1, 0.15) is 11.4 Å². The van der Waals surface area contributed by atoms with E-state index in [0.29, 0.717) is 12.3 Å². The predicted molar refractivity (Wildman–Crippen MR) is 77.4 cm³/mol. The summed E-state index contributed by atoms with van der Waals surface area (Å²) in [4.78, 5) is 14.7. The lowest BCUT2D eigenvalue weighted by Gasteiger charge is -2.11. The number of rotatable bonds is 5. The summed E-state index contributed by atoms with van der Waals surface area (Å²) in [6.07, 6.45) is 1.50. The first-order chi connectivity index (χ1) is 9.10. The molecular weight excluding hydrogens is 258 g/mol. The molecule has 0 N–H and O–H groups in total. The first-order valence-electron chi connectivity index (χ1n) is 6.20. The van der Waals surface area contributed by atoms with Crippen LogP contribution in [0.25, 0.3) is 0 Å². The van der Waals surface area contributed by atoms with Crippen molar-refractivity contribution in [2.24, 2.45) is 0 Å². The normalized spacial score (nSPS) is 10.5. The lowest BCUT2D eigenvalue weighted by Crippen LogP contribution is -2.03. The van der Waals surface area contributed by atoms with E-state index in [2.05, 4.69) is 37.9 Å². The summed E-state index contributed by atoms with van der Waals surface area (Å²) in [5, 5.41) is 2.70. The van der Waals surface area contributed by atoms with Gasteiger partial charge in [0.2, 0.25) is 0 Å². The van der Waals surface area contributed by atoms with Crippen LogP contribution in [-0.4, -0.2) is 17.9 Å². The smallest absolute Gasteiger partial charge is 0.169 e. The zero-order valence-electron chi connectivity index (χ0n) is 11.4. The lowest BCUT2D eigenvalue weighted by atomic mass is 10.1. The van der Waals surface area contributed by atoms with Crippen LogP contribution >= 0.6 is 11.3 Å². The summed E-state index contributed by atoms with van der Waals surface area (Å²) in [7, 11) is 0. The summed E-state index contributed by atoms with van der Waals surface area (Å²) < 4.78 is 5.82. The number of benzene rings is 1. The van der Waals surface area contributed by atoms with E-state index in [4.69, 9.17) is 4.74 Å². The van der Waals surface area contributed by atoms with E-state index < -0.39 is 0 Å². The molecule has 0 atom stereocenters. The van der Waals surface area contributed by atoms with Gasteiger partial charge < -0.3 is 4.74 Å². The van der Waals surface area contributed by atoms with Gasteiger partial charge in [-0.1, -0.05) is 6.07 Å². The Morgan fingerprint density at radius 1 is 1.32 bits per heavy atom. The molecule has 0 unspecified atom stereocenters. The topological polar surface area (TPSA) is 39.2 Å². The van der Waals surface area contributed by atoms with Crippen molar-refractivity contribution < 1.29 is 9.53 Å². The molecule has 2 rings (SSSR count). The quantitative estimate of drug-likeness (QED) is 0.784. The third-order valence-corrected chi connectivity index (χ3v) is 3.95. The van der Waals surface area contributed by atoms with Crippen molar-refractivity contribution in [3.05, 3.63) is 44.9 Å². The molecule has 0 saturated heterocycles. The molecule has 0 aliphatic carbocycles. The van der Waals surface area contributed by atoms with Gasteiger partial charge in [-0.3, -0.25) is 4.79 Å². The summed E-state index contributed by atoms with van der Waals surface area (Å²) in [6, 6.07) is 4.21. The van der Waals surface area contributed by atoms with E-state index in [-0.39, 0.29) is 0 Å². The van der Waals surface area contributed by atoms with Crippen LogP contribution < -0.4 is 4.74 Å². The van der Waals surface area contributed by atoms with E-state index in [0.717, 1.165) is 23.5 Å². The van der Waals surface area contributed by atoms with Crippen LogP contribution in [0.3, 0.4) is 0 Å². The highest BCUT2D eigenvalue weighted by atomic mass is 32.1. The molecule has 19 heavy (non-hydrogen) atoms. The van der Waals surface area contributed by atoms with Crippen LogP contribution in [0.5, 0.6) is 5.75 Å². The Bertz CT molecular complexity index is 590. The molecular formula is C15H17NO2S. The molecule has 100 valence electrons. The van der Waals surface area contributed by atoms with Gasteiger partial charge in [0.15, 0.2) is 6.29 Å². The van der Waals surface area contributed by atoms with Gasteiger partial charge in [-0.05, 0) is 43.5 Å². The number of carbonyl (C=O) groups excluding carboxylic acids is 1. The molecule has 1 aromatic heterocycles. The monoisotopic (exact) mass is 275 g/mol. The van der Waals surface area contributed by atoms with Crippen LogP contribution in [0.2, 0.25) is 0 Å². The van der Waals surface area contributed by atoms with Crippen molar-refractivity contribution in [2.75, 3.05) is 6.61 Å². The zero-order chi connectivity index (χ0) is 13.8. The van der Waals surface area contributed by atoms with Crippen molar-refractivity contribution >= 4 is 17.6 Å². The maximum atomic E-state index is 10.5. The fourth-order valence-corrected chi connectivity index (χ4v) is 2.62. The van der Waals surface area contributed by atoms with Crippen molar-refractivity contribution in [1.29, 1.82) is 0 Å². The Morgan fingerprint density at radius 2 is 2.11 bits per heavy atom. The highest BCUT2D eigenvalue weighted by Gasteiger charge is 2.05. The summed E-state index contributed by atoms with van der Waals surface area (Å²) in [5.41, 5.74) is 4.13. The van der Waals surface area contributed by atoms with Gasteiger partial charge >= 0.3 is 0 Å². The molecule has 2 aromatic rings. The van der Waals surface area contributed by atoms with Crippen molar-refractivity contribution in [2.45, 2.75) is 27.2 Å². The average molecular weight is 275 g/mol. The summed E-state index contributed by atoms with van der Waals surface area (Å²) in [6.45, 7) is 6.80. The number of carbonyl (C=O) groups is 1. The second-order valence-electron chi connectivity index (χ2n) is 4.59. The maximum absolute atomic E-state index is 10.5. The first kappa shape index (κ1) is 13.7. The van der Waals surface area contributed by atoms with E-state index in [9.17, 15) is 4.79 Å². The van der Waals surface area contributed by atoms with E-state index in [1.54, 1.807) is 5.38 Å². The Hall–Kier alpha value is -1.68. The fraction of sp³-hybridized carbons (Fsp3) is 0.333. The lowest BCUT2D eigenvalue weighted by molar-refractivity contribution is 0.111. The predicted octanol–water partition coefficient (Wildman–Crippen LogP) is 3.50. The SMILES string of the molecule is Cc1cc(C)c(C)c(OCCc2nc(C=O)cs2)c1. The molecule has 0 bridgehead atoms. The third kappa shape index (κ3) is 3.41. The molecule has 0 saturated carbocycles. The number of aromatic nitrogens is 1. The number of aldehydes is 1. The van der Waals surface area contributed by atoms with E-state index in [1.807, 2.05) is 0 Å². The molecule has 0 aliphatic heterocycles. The molecule has 4 heteroatoms. The molecule has 0 spiro atoms. The summed E-state index contributed by atoms with van der Waals surface area (Å²) in [5.74, 6) is 0.935. The Kier molecular flexibility index (Phi) is 4.32. The highest BCUT2D eigenvalue weighted by Crippen LogP contribution is 2.23. The number of thiazole rings is 1. The van der Waals surface area contributed by atoms with Gasteiger partial charge in [-0.2, -0.15) is 0 Å². The number of aryl methyl sites for hydroxylation is 2. The molecule has 3 nitrogen and oxygen atoms in total. The number of hydrogen-bond acceptors (Lipinski definition) is 4. The standard InChI is InChI=1S/C15H17NO2S/c1-10-6-11(2)12(3)14(7-10)18-5-4-15-16-13(8-17)9-19-15/h6-9H,4-5H2,1-3H3. The number of ether oxygens (including phenoxy) is 1. The Labute approximate surface area is 117 Å². The second kappa shape index (κ2) is 5.97. The molecule has 0 radical (unpaired) electrons. The Morgan fingerprint density at radius 3 is 2.79 bits per heavy atom. The molecule has 1 aromatic carbocycles. The van der Waals surface area contributed by atoms with Gasteiger partial charge in [0.05, 0.1) is 11.6 Å². The third-order valence-electron chi connectivity index (χ3n) is 3.03.